The Morgan fingerprint density at radius 1 is 1.10 bits per heavy atom. The predicted molar refractivity (Wildman–Crippen MR) is 116 cm³/mol. The number of nitrogens with one attached hydrogen (secondary N) is 1. The Balaban J connectivity index is 1.39. The van der Waals surface area contributed by atoms with Gasteiger partial charge in [0.1, 0.15) is 4.70 Å². The number of H-pyrrole nitrogens is 1. The van der Waals surface area contributed by atoms with Gasteiger partial charge in [0.25, 0.3) is 5.56 Å². The lowest BCUT2D eigenvalue weighted by atomic mass is 10.1. The third kappa shape index (κ3) is 3.72. The maximum atomic E-state index is 12.7. The Labute approximate surface area is 172 Å². The van der Waals surface area contributed by atoms with Gasteiger partial charge in [0, 0.05) is 44.8 Å². The maximum Gasteiger partial charge on any atom is 0.328 e. The summed E-state index contributed by atoms with van der Waals surface area (Å²) in [5.41, 5.74) is 3.52. The summed E-state index contributed by atoms with van der Waals surface area (Å²) in [7, 11) is 0. The normalized spacial score (nSPS) is 14.6. The number of piperazine rings is 1. The van der Waals surface area contributed by atoms with Crippen molar-refractivity contribution in [1.29, 1.82) is 0 Å². The zero-order valence-corrected chi connectivity index (χ0v) is 17.4. The topological polar surface area (TPSA) is 78.4 Å². The van der Waals surface area contributed by atoms with Crippen molar-refractivity contribution in [3.8, 4) is 0 Å². The van der Waals surface area contributed by atoms with Crippen LogP contribution in [0, 0.1) is 13.8 Å². The number of thiophene rings is 1. The molecule has 1 fully saturated rings. The monoisotopic (exact) mass is 412 g/mol. The van der Waals surface area contributed by atoms with E-state index in [2.05, 4.69) is 41.9 Å². The maximum absolute atomic E-state index is 12.7. The molecular weight excluding hydrogens is 388 g/mol. The largest absolute Gasteiger partial charge is 0.368 e. The van der Waals surface area contributed by atoms with Crippen LogP contribution in [0.25, 0.3) is 10.2 Å². The first-order valence-corrected chi connectivity index (χ1v) is 10.6. The van der Waals surface area contributed by atoms with Crippen molar-refractivity contribution in [2.24, 2.45) is 0 Å². The third-order valence-corrected chi connectivity index (χ3v) is 6.59. The van der Waals surface area contributed by atoms with Gasteiger partial charge >= 0.3 is 5.69 Å². The number of nitrogens with zero attached hydrogens (tertiary/aromatic N) is 3. The number of rotatable bonds is 4. The number of anilines is 1. The minimum absolute atomic E-state index is 0.0248. The van der Waals surface area contributed by atoms with Crippen LogP contribution in [0.1, 0.15) is 17.5 Å². The summed E-state index contributed by atoms with van der Waals surface area (Å²) < 4.78 is 1.64. The number of aromatic amines is 1. The van der Waals surface area contributed by atoms with Crippen LogP contribution in [0.15, 0.2) is 39.2 Å². The van der Waals surface area contributed by atoms with E-state index in [9.17, 15) is 14.4 Å². The van der Waals surface area contributed by atoms with Crippen molar-refractivity contribution >= 4 is 33.1 Å². The molecular formula is C21H24N4O3S. The van der Waals surface area contributed by atoms with E-state index in [-0.39, 0.29) is 24.4 Å². The first-order chi connectivity index (χ1) is 14.0. The molecule has 0 bridgehead atoms. The molecule has 1 aliphatic rings. The number of carbonyl (C=O) groups excluding carboxylic acids is 1. The minimum atomic E-state index is -0.464. The van der Waals surface area contributed by atoms with Crippen molar-refractivity contribution in [2.75, 3.05) is 31.1 Å². The average molecular weight is 413 g/mol. The molecule has 8 heteroatoms. The van der Waals surface area contributed by atoms with Crippen LogP contribution in [-0.4, -0.2) is 46.5 Å². The van der Waals surface area contributed by atoms with E-state index in [0.717, 1.165) is 17.7 Å². The minimum Gasteiger partial charge on any atom is -0.368 e. The second kappa shape index (κ2) is 7.87. The predicted octanol–water partition coefficient (Wildman–Crippen LogP) is 2.11. The molecule has 29 heavy (non-hydrogen) atoms. The van der Waals surface area contributed by atoms with Gasteiger partial charge in [0.2, 0.25) is 5.91 Å². The zero-order valence-electron chi connectivity index (χ0n) is 16.6. The summed E-state index contributed by atoms with van der Waals surface area (Å²) in [4.78, 5) is 44.2. The van der Waals surface area contributed by atoms with Gasteiger partial charge in [-0.3, -0.25) is 14.2 Å². The number of hydrogen-bond acceptors (Lipinski definition) is 5. The number of fused-ring (bicyclic) bond motifs is 1. The molecule has 7 nitrogen and oxygen atoms in total. The van der Waals surface area contributed by atoms with E-state index in [1.54, 1.807) is 11.4 Å². The van der Waals surface area contributed by atoms with Gasteiger partial charge in [0.15, 0.2) is 0 Å². The van der Waals surface area contributed by atoms with Crippen LogP contribution >= 0.6 is 11.3 Å². The quantitative estimate of drug-likeness (QED) is 0.712. The Bertz CT molecular complexity index is 1170. The van der Waals surface area contributed by atoms with Crippen molar-refractivity contribution in [3.05, 3.63) is 61.6 Å². The molecule has 0 saturated carbocycles. The first kappa shape index (κ1) is 19.4. The molecule has 0 aliphatic carbocycles. The number of carbonyl (C=O) groups is 1. The van der Waals surface area contributed by atoms with E-state index in [1.807, 2.05) is 4.90 Å². The van der Waals surface area contributed by atoms with Gasteiger partial charge in [-0.2, -0.15) is 0 Å². The van der Waals surface area contributed by atoms with E-state index in [1.165, 1.54) is 28.2 Å². The van der Waals surface area contributed by atoms with Crippen LogP contribution < -0.4 is 16.1 Å². The SMILES string of the molecule is Cc1cccc(N2CCN(C(=O)CCn3c(=O)[nH]c4ccsc4c3=O)CC2)c1C. The Hall–Kier alpha value is -2.87. The lowest BCUT2D eigenvalue weighted by Crippen LogP contribution is -2.49. The number of benzene rings is 1. The molecule has 0 unspecified atom stereocenters. The van der Waals surface area contributed by atoms with Crippen molar-refractivity contribution in [1.82, 2.24) is 14.5 Å². The van der Waals surface area contributed by atoms with Crippen LogP contribution in [-0.2, 0) is 11.3 Å². The van der Waals surface area contributed by atoms with Gasteiger partial charge in [-0.05, 0) is 42.5 Å². The van der Waals surface area contributed by atoms with Crippen molar-refractivity contribution in [2.45, 2.75) is 26.8 Å². The third-order valence-electron chi connectivity index (χ3n) is 5.69. The molecule has 3 aromatic rings. The van der Waals surface area contributed by atoms with E-state index < -0.39 is 5.69 Å². The number of aryl methyl sites for hydroxylation is 1. The van der Waals surface area contributed by atoms with Gasteiger partial charge in [0.05, 0.1) is 5.52 Å². The standard InChI is InChI=1S/C21H24N4O3S/c1-14-4-3-5-17(15(14)2)23-9-11-24(12-10-23)18(26)6-8-25-20(27)19-16(7-13-29-19)22-21(25)28/h3-5,7,13H,6,8-12H2,1-2H3,(H,22,28). The summed E-state index contributed by atoms with van der Waals surface area (Å²) in [5.74, 6) is -0.0248. The average Bonchev–Trinajstić information content (AvgIpc) is 3.18. The fourth-order valence-corrected chi connectivity index (χ4v) is 4.61. The summed E-state index contributed by atoms with van der Waals surface area (Å²) in [5, 5.41) is 1.77. The fourth-order valence-electron chi connectivity index (χ4n) is 3.81. The molecule has 1 amide bonds. The molecule has 1 saturated heterocycles. The molecule has 152 valence electrons. The highest BCUT2D eigenvalue weighted by Gasteiger charge is 2.22. The van der Waals surface area contributed by atoms with Crippen molar-refractivity contribution < 1.29 is 4.79 Å². The molecule has 3 heterocycles. The van der Waals surface area contributed by atoms with Crippen LogP contribution in [0.3, 0.4) is 0 Å². The van der Waals surface area contributed by atoms with Crippen LogP contribution in [0.5, 0.6) is 0 Å². The van der Waals surface area contributed by atoms with Gasteiger partial charge in [-0.1, -0.05) is 12.1 Å². The van der Waals surface area contributed by atoms with E-state index >= 15 is 0 Å². The highest BCUT2D eigenvalue weighted by molar-refractivity contribution is 7.17. The van der Waals surface area contributed by atoms with E-state index in [0.29, 0.717) is 23.3 Å². The molecule has 0 spiro atoms. The smallest absolute Gasteiger partial charge is 0.328 e. The molecule has 1 aromatic carbocycles. The summed E-state index contributed by atoms with van der Waals surface area (Å²) in [6.07, 6.45) is 0.142. The highest BCUT2D eigenvalue weighted by atomic mass is 32.1. The number of amides is 1. The molecule has 1 N–H and O–H groups in total. The van der Waals surface area contributed by atoms with Crippen LogP contribution in [0.4, 0.5) is 5.69 Å². The molecule has 0 radical (unpaired) electrons. The fraction of sp³-hybridized carbons (Fsp3) is 0.381. The van der Waals surface area contributed by atoms with Gasteiger partial charge in [-0.25, -0.2) is 4.79 Å². The highest BCUT2D eigenvalue weighted by Crippen LogP contribution is 2.24. The van der Waals surface area contributed by atoms with Gasteiger partial charge < -0.3 is 14.8 Å². The van der Waals surface area contributed by atoms with Crippen molar-refractivity contribution in [3.63, 3.8) is 0 Å². The summed E-state index contributed by atoms with van der Waals surface area (Å²) >= 11 is 1.30. The lowest BCUT2D eigenvalue weighted by Gasteiger charge is -2.37. The second-order valence-electron chi connectivity index (χ2n) is 7.39. The first-order valence-electron chi connectivity index (χ1n) is 9.75. The Morgan fingerprint density at radius 2 is 1.86 bits per heavy atom. The number of aromatic nitrogens is 2. The molecule has 2 aromatic heterocycles. The Kier molecular flexibility index (Phi) is 5.27. The Morgan fingerprint density at radius 3 is 2.62 bits per heavy atom. The summed E-state index contributed by atoms with van der Waals surface area (Å²) in [6.45, 7) is 7.16. The number of hydrogen-bond donors (Lipinski definition) is 1. The lowest BCUT2D eigenvalue weighted by molar-refractivity contribution is -0.131. The van der Waals surface area contributed by atoms with Crippen LogP contribution in [0.2, 0.25) is 0 Å². The van der Waals surface area contributed by atoms with E-state index in [4.69, 9.17) is 0 Å². The zero-order chi connectivity index (χ0) is 20.5. The second-order valence-corrected chi connectivity index (χ2v) is 8.30. The molecule has 1 aliphatic heterocycles. The van der Waals surface area contributed by atoms with Gasteiger partial charge in [-0.15, -0.1) is 11.3 Å². The molecule has 4 rings (SSSR count). The summed E-state index contributed by atoms with van der Waals surface area (Å²) in [6, 6.07) is 8.01. The molecule has 0 atom stereocenters.